The molecule has 138 valence electrons. The van der Waals surface area contributed by atoms with Crippen molar-refractivity contribution in [2.75, 3.05) is 17.7 Å². The van der Waals surface area contributed by atoms with Crippen molar-refractivity contribution in [3.05, 3.63) is 70.9 Å². The van der Waals surface area contributed by atoms with Crippen molar-refractivity contribution in [1.82, 2.24) is 9.97 Å². The Labute approximate surface area is 158 Å². The molecule has 0 atom stereocenters. The van der Waals surface area contributed by atoms with Crippen LogP contribution in [0.2, 0.25) is 0 Å². The van der Waals surface area contributed by atoms with Gasteiger partial charge >= 0.3 is 5.97 Å². The average Bonchev–Trinajstić information content (AvgIpc) is 2.65. The fourth-order valence-electron chi connectivity index (χ4n) is 2.71. The van der Waals surface area contributed by atoms with Crippen molar-refractivity contribution < 1.29 is 9.53 Å². The van der Waals surface area contributed by atoms with Crippen LogP contribution in [0.15, 0.2) is 48.5 Å². The van der Waals surface area contributed by atoms with E-state index in [-0.39, 0.29) is 0 Å². The van der Waals surface area contributed by atoms with Gasteiger partial charge in [-0.25, -0.2) is 9.78 Å². The van der Waals surface area contributed by atoms with Crippen molar-refractivity contribution in [3.8, 4) is 0 Å². The third kappa shape index (κ3) is 4.23. The van der Waals surface area contributed by atoms with Crippen LogP contribution >= 0.6 is 0 Å². The van der Waals surface area contributed by atoms with E-state index in [0.29, 0.717) is 23.0 Å². The zero-order valence-corrected chi connectivity index (χ0v) is 15.8. The van der Waals surface area contributed by atoms with Crippen LogP contribution in [0, 0.1) is 20.8 Å². The molecule has 0 aliphatic carbocycles. The van der Waals surface area contributed by atoms with Crippen molar-refractivity contribution >= 4 is 29.1 Å². The fourth-order valence-corrected chi connectivity index (χ4v) is 2.71. The lowest BCUT2D eigenvalue weighted by molar-refractivity contribution is 0.0602. The van der Waals surface area contributed by atoms with Crippen LogP contribution in [0.25, 0.3) is 0 Å². The molecular weight excluding hydrogens is 340 g/mol. The van der Waals surface area contributed by atoms with E-state index in [4.69, 9.17) is 4.74 Å². The Bertz CT molecular complexity index is 986. The summed E-state index contributed by atoms with van der Waals surface area (Å²) in [5.41, 5.74) is 5.17. The maximum absolute atomic E-state index is 12.0. The summed E-state index contributed by atoms with van der Waals surface area (Å²) in [7, 11) is 1.36. The Hall–Kier alpha value is -3.41. The third-order valence-corrected chi connectivity index (χ3v) is 4.30. The molecule has 6 heteroatoms. The number of nitrogens with one attached hydrogen (secondary N) is 2. The minimum absolute atomic E-state index is 0.405. The van der Waals surface area contributed by atoms with Gasteiger partial charge in [-0.05, 0) is 50.1 Å². The Morgan fingerprint density at radius 2 is 1.67 bits per heavy atom. The quantitative estimate of drug-likeness (QED) is 0.642. The minimum atomic E-state index is -0.405. The zero-order valence-electron chi connectivity index (χ0n) is 15.8. The van der Waals surface area contributed by atoms with Gasteiger partial charge in [0.05, 0.1) is 18.4 Å². The van der Waals surface area contributed by atoms with Crippen molar-refractivity contribution in [3.63, 3.8) is 0 Å². The number of rotatable bonds is 5. The molecule has 0 radical (unpaired) electrons. The lowest BCUT2D eigenvalue weighted by Gasteiger charge is -2.13. The number of esters is 1. The molecule has 0 amide bonds. The highest BCUT2D eigenvalue weighted by Gasteiger charge is 2.12. The molecule has 27 heavy (non-hydrogen) atoms. The van der Waals surface area contributed by atoms with Crippen LogP contribution in [-0.2, 0) is 4.74 Å². The van der Waals surface area contributed by atoms with Gasteiger partial charge in [-0.15, -0.1) is 0 Å². The monoisotopic (exact) mass is 362 g/mol. The number of methoxy groups -OCH3 is 1. The van der Waals surface area contributed by atoms with Crippen molar-refractivity contribution in [2.45, 2.75) is 20.8 Å². The summed E-state index contributed by atoms with van der Waals surface area (Å²) >= 11 is 0. The van der Waals surface area contributed by atoms with Gasteiger partial charge in [-0.2, -0.15) is 4.98 Å². The van der Waals surface area contributed by atoms with E-state index in [2.05, 4.69) is 40.5 Å². The molecule has 2 aromatic carbocycles. The Balaban J connectivity index is 1.91. The second-order valence-corrected chi connectivity index (χ2v) is 6.25. The summed E-state index contributed by atoms with van der Waals surface area (Å²) in [6.07, 6.45) is 0. The van der Waals surface area contributed by atoms with E-state index < -0.39 is 5.97 Å². The Morgan fingerprint density at radius 1 is 0.926 bits per heavy atom. The van der Waals surface area contributed by atoms with Crippen LogP contribution in [0.4, 0.5) is 23.1 Å². The summed E-state index contributed by atoms with van der Waals surface area (Å²) in [6, 6.07) is 15.0. The van der Waals surface area contributed by atoms with Crippen molar-refractivity contribution in [1.29, 1.82) is 0 Å². The van der Waals surface area contributed by atoms with E-state index in [1.54, 1.807) is 12.1 Å². The van der Waals surface area contributed by atoms with E-state index in [9.17, 15) is 4.79 Å². The van der Waals surface area contributed by atoms with Gasteiger partial charge in [0.25, 0.3) is 0 Å². The molecule has 0 unspecified atom stereocenters. The number of hydrogen-bond acceptors (Lipinski definition) is 6. The number of aryl methyl sites for hydroxylation is 2. The largest absolute Gasteiger partial charge is 0.465 e. The molecule has 0 saturated carbocycles. The summed E-state index contributed by atoms with van der Waals surface area (Å²) in [5.74, 6) is 0.672. The van der Waals surface area contributed by atoms with Crippen LogP contribution in [0.1, 0.15) is 27.2 Å². The molecular formula is C21H22N4O2. The predicted octanol–water partition coefficient (Wildman–Crippen LogP) is 4.68. The zero-order chi connectivity index (χ0) is 19.4. The highest BCUT2D eigenvalue weighted by molar-refractivity contribution is 5.96. The highest BCUT2D eigenvalue weighted by Crippen LogP contribution is 2.24. The second-order valence-electron chi connectivity index (χ2n) is 6.25. The number of carbonyl (C=O) groups is 1. The average molecular weight is 362 g/mol. The molecule has 0 aliphatic heterocycles. The second kappa shape index (κ2) is 7.86. The third-order valence-electron chi connectivity index (χ3n) is 4.30. The normalized spacial score (nSPS) is 10.4. The van der Waals surface area contributed by atoms with Gasteiger partial charge in [0.15, 0.2) is 0 Å². The Kier molecular flexibility index (Phi) is 5.35. The summed E-state index contributed by atoms with van der Waals surface area (Å²) in [6.45, 7) is 6.01. The van der Waals surface area contributed by atoms with Gasteiger partial charge in [0, 0.05) is 17.4 Å². The number of anilines is 4. The number of carbonyl (C=O) groups excluding carboxylic acids is 1. The number of aromatic nitrogens is 2. The Morgan fingerprint density at radius 3 is 2.44 bits per heavy atom. The van der Waals surface area contributed by atoms with Gasteiger partial charge in [0.2, 0.25) is 5.95 Å². The first-order valence-corrected chi connectivity index (χ1v) is 8.61. The molecule has 0 aliphatic rings. The molecule has 0 spiro atoms. The number of benzene rings is 2. The summed E-state index contributed by atoms with van der Waals surface area (Å²) in [4.78, 5) is 21.0. The predicted molar refractivity (Wildman–Crippen MR) is 107 cm³/mol. The van der Waals surface area contributed by atoms with Crippen LogP contribution in [0.5, 0.6) is 0 Å². The maximum atomic E-state index is 12.0. The maximum Gasteiger partial charge on any atom is 0.339 e. The van der Waals surface area contributed by atoms with Crippen LogP contribution in [-0.4, -0.2) is 23.0 Å². The highest BCUT2D eigenvalue weighted by atomic mass is 16.5. The SMILES string of the molecule is COC(=O)c1ccccc1Nc1cc(C)nc(Nc2cccc(C)c2C)n1. The first-order chi connectivity index (χ1) is 13.0. The smallest absolute Gasteiger partial charge is 0.339 e. The fraction of sp³-hybridized carbons (Fsp3) is 0.190. The summed E-state index contributed by atoms with van der Waals surface area (Å²) in [5, 5.41) is 6.46. The molecule has 1 heterocycles. The standard InChI is InChI=1S/C21H22N4O2/c1-13-8-7-11-17(15(13)3)24-21-22-14(2)12-19(25-21)23-18-10-6-5-9-16(18)20(26)27-4/h5-12H,1-4H3,(H2,22,23,24,25). The van der Waals surface area contributed by atoms with Gasteiger partial charge in [0.1, 0.15) is 5.82 Å². The topological polar surface area (TPSA) is 76.1 Å². The molecule has 2 N–H and O–H groups in total. The minimum Gasteiger partial charge on any atom is -0.465 e. The molecule has 6 nitrogen and oxygen atoms in total. The van der Waals surface area contributed by atoms with E-state index in [1.807, 2.05) is 37.3 Å². The van der Waals surface area contributed by atoms with Gasteiger partial charge in [-0.1, -0.05) is 24.3 Å². The number of para-hydroxylation sites is 1. The number of ether oxygens (including phenoxy) is 1. The summed E-state index contributed by atoms with van der Waals surface area (Å²) < 4.78 is 4.84. The molecule has 0 fully saturated rings. The molecule has 1 aromatic heterocycles. The van der Waals surface area contributed by atoms with Crippen molar-refractivity contribution in [2.24, 2.45) is 0 Å². The van der Waals surface area contributed by atoms with Gasteiger partial charge in [-0.3, -0.25) is 0 Å². The molecule has 0 bridgehead atoms. The molecule has 3 aromatic rings. The van der Waals surface area contributed by atoms with Crippen LogP contribution < -0.4 is 10.6 Å². The first kappa shape index (κ1) is 18.4. The molecule has 3 rings (SSSR count). The number of hydrogen-bond donors (Lipinski definition) is 2. The number of nitrogens with zero attached hydrogens (tertiary/aromatic N) is 2. The van der Waals surface area contributed by atoms with Crippen LogP contribution in [0.3, 0.4) is 0 Å². The lowest BCUT2D eigenvalue weighted by Crippen LogP contribution is -2.07. The first-order valence-electron chi connectivity index (χ1n) is 8.61. The molecule has 0 saturated heterocycles. The van der Waals surface area contributed by atoms with E-state index >= 15 is 0 Å². The van der Waals surface area contributed by atoms with E-state index in [1.165, 1.54) is 12.7 Å². The van der Waals surface area contributed by atoms with Gasteiger partial charge < -0.3 is 15.4 Å². The lowest BCUT2D eigenvalue weighted by atomic mass is 10.1. The van der Waals surface area contributed by atoms with E-state index in [0.717, 1.165) is 16.9 Å².